The summed E-state index contributed by atoms with van der Waals surface area (Å²) in [6.07, 6.45) is 6.05. The number of aromatic nitrogens is 5. The fourth-order valence-corrected chi connectivity index (χ4v) is 3.84. The number of hydrogen-bond donors (Lipinski definition) is 0. The first-order valence-electron chi connectivity index (χ1n) is 10.7. The van der Waals surface area contributed by atoms with E-state index in [0.29, 0.717) is 42.3 Å². The summed E-state index contributed by atoms with van der Waals surface area (Å²) in [7, 11) is 0. The van der Waals surface area contributed by atoms with Gasteiger partial charge >= 0.3 is 0 Å². The molecule has 0 spiro atoms. The van der Waals surface area contributed by atoms with Gasteiger partial charge in [0, 0.05) is 30.7 Å². The van der Waals surface area contributed by atoms with Gasteiger partial charge in [-0.1, -0.05) is 0 Å². The van der Waals surface area contributed by atoms with Crippen molar-refractivity contribution < 1.29 is 18.3 Å². The zero-order valence-electron chi connectivity index (χ0n) is 18.0. The summed E-state index contributed by atoms with van der Waals surface area (Å²) in [5, 5.41) is 4.48. The van der Waals surface area contributed by atoms with Crippen LogP contribution in [0.2, 0.25) is 0 Å². The second kappa shape index (κ2) is 9.44. The Kier molecular flexibility index (Phi) is 6.05. The molecule has 1 atom stereocenters. The van der Waals surface area contributed by atoms with E-state index in [1.807, 2.05) is 0 Å². The molecule has 8 nitrogen and oxygen atoms in total. The third kappa shape index (κ3) is 4.53. The highest BCUT2D eigenvalue weighted by Crippen LogP contribution is 2.25. The van der Waals surface area contributed by atoms with Gasteiger partial charge in [-0.05, 0) is 48.9 Å². The Hall–Kier alpha value is -4.05. The summed E-state index contributed by atoms with van der Waals surface area (Å²) in [6, 6.07) is 10.3. The van der Waals surface area contributed by atoms with Gasteiger partial charge in [0.15, 0.2) is 12.1 Å². The molecule has 0 bridgehead atoms. The van der Waals surface area contributed by atoms with Crippen LogP contribution in [0, 0.1) is 11.6 Å². The molecule has 0 N–H and O–H groups in total. The summed E-state index contributed by atoms with van der Waals surface area (Å²) >= 11 is 0. The van der Waals surface area contributed by atoms with E-state index in [-0.39, 0.29) is 18.0 Å². The second-order valence-corrected chi connectivity index (χ2v) is 7.72. The number of halogens is 2. The van der Waals surface area contributed by atoms with Crippen molar-refractivity contribution in [1.29, 1.82) is 0 Å². The number of amides is 1. The third-order valence-corrected chi connectivity index (χ3v) is 5.45. The van der Waals surface area contributed by atoms with E-state index < -0.39 is 17.9 Å². The van der Waals surface area contributed by atoms with Crippen molar-refractivity contribution in [2.24, 2.45) is 0 Å². The summed E-state index contributed by atoms with van der Waals surface area (Å²) in [4.78, 5) is 27.6. The quantitative estimate of drug-likeness (QED) is 0.451. The highest BCUT2D eigenvalue weighted by atomic mass is 19.1. The molecule has 1 saturated heterocycles. The minimum Gasteiger partial charge on any atom is -0.356 e. The number of benzene rings is 1. The number of carbonyl (C=O) groups is 1. The summed E-state index contributed by atoms with van der Waals surface area (Å²) in [6.45, 7) is 1.20. The van der Waals surface area contributed by atoms with E-state index in [1.165, 1.54) is 24.3 Å². The van der Waals surface area contributed by atoms with Crippen LogP contribution in [0.15, 0.2) is 67.3 Å². The maximum Gasteiger partial charge on any atom is 0.256 e. The standard InChI is InChI=1S/C24H20F2N6O2/c25-16-3-5-18(23-27-8-1-9-28-23)19(13-16)24(33)32-10-2-12-34-22(32)15-31-11-7-21(30-31)20-6-4-17(26)14-29-20/h1,3-9,11,13-14,22H,2,10,12,15H2/t22-/m0/s1. The molecule has 1 amide bonds. The van der Waals surface area contributed by atoms with E-state index in [9.17, 15) is 13.6 Å². The smallest absolute Gasteiger partial charge is 0.256 e. The molecule has 4 heterocycles. The lowest BCUT2D eigenvalue weighted by molar-refractivity contribution is -0.0860. The van der Waals surface area contributed by atoms with Gasteiger partial charge in [0.1, 0.15) is 17.3 Å². The average Bonchev–Trinajstić information content (AvgIpc) is 3.33. The monoisotopic (exact) mass is 462 g/mol. The molecular formula is C24H20F2N6O2. The van der Waals surface area contributed by atoms with Gasteiger partial charge in [-0.15, -0.1) is 0 Å². The molecular weight excluding hydrogens is 442 g/mol. The van der Waals surface area contributed by atoms with Crippen LogP contribution in [-0.4, -0.2) is 54.9 Å². The molecule has 0 unspecified atom stereocenters. The first-order chi connectivity index (χ1) is 16.6. The van der Waals surface area contributed by atoms with E-state index in [2.05, 4.69) is 20.1 Å². The molecule has 1 aliphatic heterocycles. The van der Waals surface area contributed by atoms with Crippen LogP contribution < -0.4 is 0 Å². The van der Waals surface area contributed by atoms with Crippen LogP contribution in [0.25, 0.3) is 22.8 Å². The number of pyridine rings is 1. The van der Waals surface area contributed by atoms with E-state index in [4.69, 9.17) is 4.74 Å². The van der Waals surface area contributed by atoms with Crippen LogP contribution in [0.4, 0.5) is 8.78 Å². The molecule has 3 aromatic heterocycles. The van der Waals surface area contributed by atoms with Crippen molar-refractivity contribution in [2.45, 2.75) is 19.2 Å². The van der Waals surface area contributed by atoms with Crippen molar-refractivity contribution in [2.75, 3.05) is 13.2 Å². The van der Waals surface area contributed by atoms with E-state index in [1.54, 1.807) is 46.4 Å². The highest BCUT2D eigenvalue weighted by molar-refractivity contribution is 6.00. The number of carbonyl (C=O) groups excluding carboxylic acids is 1. The van der Waals surface area contributed by atoms with Crippen molar-refractivity contribution in [3.63, 3.8) is 0 Å². The first kappa shape index (κ1) is 21.8. The van der Waals surface area contributed by atoms with Gasteiger partial charge in [-0.2, -0.15) is 5.10 Å². The van der Waals surface area contributed by atoms with Crippen molar-refractivity contribution in [1.82, 2.24) is 29.6 Å². The maximum absolute atomic E-state index is 14.1. The molecule has 5 rings (SSSR count). The van der Waals surface area contributed by atoms with Gasteiger partial charge in [-0.25, -0.2) is 18.7 Å². The fraction of sp³-hybridized carbons (Fsp3) is 0.208. The Bertz CT molecular complexity index is 1300. The van der Waals surface area contributed by atoms with Gasteiger partial charge in [-0.3, -0.25) is 14.5 Å². The Morgan fingerprint density at radius 1 is 1.03 bits per heavy atom. The van der Waals surface area contributed by atoms with Crippen LogP contribution in [0.1, 0.15) is 16.8 Å². The topological polar surface area (TPSA) is 86.0 Å². The predicted octanol–water partition coefficient (Wildman–Crippen LogP) is 3.57. The second-order valence-electron chi connectivity index (χ2n) is 7.72. The van der Waals surface area contributed by atoms with Crippen molar-refractivity contribution in [3.05, 3.63) is 84.4 Å². The van der Waals surface area contributed by atoms with Crippen LogP contribution >= 0.6 is 0 Å². The zero-order chi connectivity index (χ0) is 23.5. The minimum atomic E-state index is -0.608. The number of nitrogens with zero attached hydrogens (tertiary/aromatic N) is 6. The van der Waals surface area contributed by atoms with Crippen molar-refractivity contribution >= 4 is 5.91 Å². The van der Waals surface area contributed by atoms with Gasteiger partial charge in [0.2, 0.25) is 0 Å². The molecule has 1 aliphatic rings. The van der Waals surface area contributed by atoms with Gasteiger partial charge in [0.25, 0.3) is 5.91 Å². The van der Waals surface area contributed by atoms with Crippen LogP contribution in [-0.2, 0) is 11.3 Å². The largest absolute Gasteiger partial charge is 0.356 e. The highest BCUT2D eigenvalue weighted by Gasteiger charge is 2.31. The predicted molar refractivity (Wildman–Crippen MR) is 118 cm³/mol. The molecule has 4 aromatic rings. The van der Waals surface area contributed by atoms with Gasteiger partial charge in [0.05, 0.1) is 30.6 Å². The summed E-state index contributed by atoms with van der Waals surface area (Å²) in [5.74, 6) is -0.991. The minimum absolute atomic E-state index is 0.165. The Labute approximate surface area is 193 Å². The van der Waals surface area contributed by atoms with Crippen molar-refractivity contribution in [3.8, 4) is 22.8 Å². The van der Waals surface area contributed by atoms with E-state index in [0.717, 1.165) is 6.20 Å². The molecule has 10 heteroatoms. The molecule has 34 heavy (non-hydrogen) atoms. The SMILES string of the molecule is O=C(c1cc(F)ccc1-c1ncccn1)N1CCCO[C@H]1Cn1ccc(-c2ccc(F)cn2)n1. The molecule has 1 fully saturated rings. The number of ether oxygens (including phenoxy) is 1. The number of rotatable bonds is 5. The lowest BCUT2D eigenvalue weighted by atomic mass is 10.0. The third-order valence-electron chi connectivity index (χ3n) is 5.45. The maximum atomic E-state index is 14.1. The van der Waals surface area contributed by atoms with Gasteiger partial charge < -0.3 is 9.64 Å². The molecule has 1 aromatic carbocycles. The summed E-state index contributed by atoms with van der Waals surface area (Å²) in [5.41, 5.74) is 1.71. The van der Waals surface area contributed by atoms with Crippen LogP contribution in [0.3, 0.4) is 0 Å². The Morgan fingerprint density at radius 2 is 1.85 bits per heavy atom. The van der Waals surface area contributed by atoms with Crippen LogP contribution in [0.5, 0.6) is 0 Å². The normalized spacial score (nSPS) is 15.9. The molecule has 0 saturated carbocycles. The lowest BCUT2D eigenvalue weighted by Gasteiger charge is -2.36. The van der Waals surface area contributed by atoms with E-state index >= 15 is 0 Å². The molecule has 0 radical (unpaired) electrons. The first-order valence-corrected chi connectivity index (χ1v) is 10.7. The fourth-order valence-electron chi connectivity index (χ4n) is 3.84. The number of hydrogen-bond acceptors (Lipinski definition) is 6. The Morgan fingerprint density at radius 3 is 2.65 bits per heavy atom. The lowest BCUT2D eigenvalue weighted by Crippen LogP contribution is -2.48. The summed E-state index contributed by atoms with van der Waals surface area (Å²) < 4.78 is 34.8. The Balaban J connectivity index is 1.40. The molecule has 172 valence electrons. The zero-order valence-corrected chi connectivity index (χ0v) is 18.0. The average molecular weight is 462 g/mol. The molecule has 0 aliphatic carbocycles.